The average molecular weight is 377 g/mol. The van der Waals surface area contributed by atoms with E-state index in [1.807, 2.05) is 30.3 Å². The zero-order chi connectivity index (χ0) is 19.7. The topological polar surface area (TPSA) is 90.7 Å². The van der Waals surface area contributed by atoms with Crippen molar-refractivity contribution in [2.75, 3.05) is 7.11 Å². The summed E-state index contributed by atoms with van der Waals surface area (Å²) in [5, 5.41) is 4.70. The van der Waals surface area contributed by atoms with Gasteiger partial charge in [0.15, 0.2) is 0 Å². The summed E-state index contributed by atoms with van der Waals surface area (Å²) >= 11 is 0. The number of para-hydroxylation sites is 1. The molecule has 0 fully saturated rings. The van der Waals surface area contributed by atoms with Gasteiger partial charge >= 0.3 is 5.97 Å². The molecule has 4 rings (SSSR count). The molecule has 0 N–H and O–H groups in total. The molecule has 0 saturated carbocycles. The van der Waals surface area contributed by atoms with Crippen LogP contribution >= 0.6 is 0 Å². The highest BCUT2D eigenvalue weighted by Crippen LogP contribution is 2.24. The van der Waals surface area contributed by atoms with Crippen LogP contribution in [0.3, 0.4) is 0 Å². The first-order valence-electron chi connectivity index (χ1n) is 8.43. The summed E-state index contributed by atoms with van der Waals surface area (Å²) in [5.74, 6) is -2.24. The van der Waals surface area contributed by atoms with E-state index in [2.05, 4.69) is 5.10 Å². The molecule has 2 heterocycles. The number of carbonyl (C=O) groups excluding carboxylic acids is 3. The number of rotatable bonds is 5. The lowest BCUT2D eigenvalue weighted by atomic mass is 10.1. The van der Waals surface area contributed by atoms with Gasteiger partial charge in [0, 0.05) is 7.11 Å². The van der Waals surface area contributed by atoms with Gasteiger partial charge in [-0.15, -0.1) is 0 Å². The standard InChI is InChI=1S/C20H15N3O5/c1-27-12-17-16(11-21-22(17)13-7-3-2-4-8-13)20(26)28-23-18(24)14-9-5-6-10-15(14)19(23)25/h2-11H,12H2,1H3. The van der Waals surface area contributed by atoms with Crippen LogP contribution in [0.25, 0.3) is 5.69 Å². The Balaban J connectivity index is 1.64. The molecule has 0 aliphatic carbocycles. The minimum Gasteiger partial charge on any atom is -0.378 e. The fourth-order valence-electron chi connectivity index (χ4n) is 2.99. The monoisotopic (exact) mass is 377 g/mol. The van der Waals surface area contributed by atoms with Crippen LogP contribution in [0, 0.1) is 0 Å². The van der Waals surface area contributed by atoms with Gasteiger partial charge in [0.1, 0.15) is 5.56 Å². The molecule has 140 valence electrons. The van der Waals surface area contributed by atoms with Crippen LogP contribution in [0.15, 0.2) is 60.8 Å². The number of ether oxygens (including phenoxy) is 1. The number of amides is 2. The van der Waals surface area contributed by atoms with Crippen LogP contribution in [0.4, 0.5) is 0 Å². The number of hydrogen-bond donors (Lipinski definition) is 0. The Morgan fingerprint density at radius 2 is 1.57 bits per heavy atom. The average Bonchev–Trinajstić information content (AvgIpc) is 3.24. The third-order valence-electron chi connectivity index (χ3n) is 4.30. The number of fused-ring (bicyclic) bond motifs is 1. The third-order valence-corrected chi connectivity index (χ3v) is 4.30. The molecule has 3 aromatic rings. The van der Waals surface area contributed by atoms with Crippen molar-refractivity contribution < 1.29 is 24.0 Å². The molecule has 1 aromatic heterocycles. The van der Waals surface area contributed by atoms with Crippen LogP contribution in [0.1, 0.15) is 36.8 Å². The van der Waals surface area contributed by atoms with Crippen molar-refractivity contribution in [1.29, 1.82) is 0 Å². The van der Waals surface area contributed by atoms with E-state index in [4.69, 9.17) is 9.57 Å². The van der Waals surface area contributed by atoms with Crippen molar-refractivity contribution in [1.82, 2.24) is 14.8 Å². The normalized spacial score (nSPS) is 13.0. The summed E-state index contributed by atoms with van der Waals surface area (Å²) in [4.78, 5) is 42.6. The van der Waals surface area contributed by atoms with Crippen molar-refractivity contribution in [3.63, 3.8) is 0 Å². The lowest BCUT2D eigenvalue weighted by molar-refractivity contribution is -0.0586. The molecule has 2 aromatic carbocycles. The SMILES string of the molecule is COCc1c(C(=O)ON2C(=O)c3ccccc3C2=O)cnn1-c1ccccc1. The van der Waals surface area contributed by atoms with Gasteiger partial charge in [-0.1, -0.05) is 35.4 Å². The summed E-state index contributed by atoms with van der Waals surface area (Å²) in [7, 11) is 1.49. The number of carbonyl (C=O) groups is 3. The van der Waals surface area contributed by atoms with Crippen molar-refractivity contribution >= 4 is 17.8 Å². The molecule has 1 aliphatic heterocycles. The number of imide groups is 1. The molecule has 28 heavy (non-hydrogen) atoms. The highest BCUT2D eigenvalue weighted by molar-refractivity contribution is 6.21. The van der Waals surface area contributed by atoms with E-state index in [0.717, 1.165) is 5.69 Å². The lowest BCUT2D eigenvalue weighted by Crippen LogP contribution is -2.33. The summed E-state index contributed by atoms with van der Waals surface area (Å²) in [5.41, 5.74) is 1.65. The number of methoxy groups -OCH3 is 1. The van der Waals surface area contributed by atoms with Crippen LogP contribution in [-0.4, -0.2) is 39.7 Å². The van der Waals surface area contributed by atoms with Crippen molar-refractivity contribution in [2.24, 2.45) is 0 Å². The summed E-state index contributed by atoms with van der Waals surface area (Å²) in [6, 6.07) is 15.5. The number of aromatic nitrogens is 2. The van der Waals surface area contributed by atoms with Crippen molar-refractivity contribution in [3.05, 3.63) is 83.2 Å². The lowest BCUT2D eigenvalue weighted by Gasteiger charge is -2.13. The molecule has 0 unspecified atom stereocenters. The maximum absolute atomic E-state index is 12.7. The Morgan fingerprint density at radius 3 is 2.18 bits per heavy atom. The third kappa shape index (κ3) is 2.85. The smallest absolute Gasteiger partial charge is 0.367 e. The number of benzene rings is 2. The maximum Gasteiger partial charge on any atom is 0.367 e. The molecule has 0 saturated heterocycles. The van der Waals surface area contributed by atoms with Gasteiger partial charge in [0.05, 0.1) is 35.3 Å². The fraction of sp³-hybridized carbons (Fsp3) is 0.100. The second-order valence-corrected chi connectivity index (χ2v) is 6.01. The number of hydrogen-bond acceptors (Lipinski definition) is 6. The highest BCUT2D eigenvalue weighted by Gasteiger charge is 2.39. The molecule has 0 atom stereocenters. The Kier molecular flexibility index (Phi) is 4.46. The minimum atomic E-state index is -0.872. The molecule has 8 nitrogen and oxygen atoms in total. The van der Waals surface area contributed by atoms with E-state index >= 15 is 0 Å². The fourth-order valence-corrected chi connectivity index (χ4v) is 2.99. The molecule has 0 radical (unpaired) electrons. The summed E-state index contributed by atoms with van der Waals surface area (Å²) < 4.78 is 6.73. The highest BCUT2D eigenvalue weighted by atomic mass is 16.7. The minimum absolute atomic E-state index is 0.0848. The van der Waals surface area contributed by atoms with Gasteiger partial charge < -0.3 is 9.57 Å². The van der Waals surface area contributed by atoms with E-state index in [1.54, 1.807) is 16.8 Å². The maximum atomic E-state index is 12.7. The second-order valence-electron chi connectivity index (χ2n) is 6.01. The Morgan fingerprint density at radius 1 is 0.964 bits per heavy atom. The van der Waals surface area contributed by atoms with Crippen molar-refractivity contribution in [3.8, 4) is 5.69 Å². The van der Waals surface area contributed by atoms with E-state index < -0.39 is 17.8 Å². The predicted molar refractivity (Wildman–Crippen MR) is 96.6 cm³/mol. The van der Waals surface area contributed by atoms with Gasteiger partial charge in [0.25, 0.3) is 11.8 Å². The second kappa shape index (κ2) is 7.09. The van der Waals surface area contributed by atoms with Gasteiger partial charge in [0.2, 0.25) is 0 Å². The number of nitrogens with zero attached hydrogens (tertiary/aromatic N) is 3. The summed E-state index contributed by atoms with van der Waals surface area (Å²) in [6.45, 7) is 0.0848. The Labute approximate surface area is 159 Å². The molecule has 1 aliphatic rings. The van der Waals surface area contributed by atoms with Crippen LogP contribution < -0.4 is 0 Å². The summed E-state index contributed by atoms with van der Waals surface area (Å²) in [6.07, 6.45) is 1.32. The van der Waals surface area contributed by atoms with E-state index in [1.165, 1.54) is 25.4 Å². The molecule has 8 heteroatoms. The van der Waals surface area contributed by atoms with Gasteiger partial charge in [-0.05, 0) is 24.3 Å². The Bertz CT molecular complexity index is 1040. The first kappa shape index (κ1) is 17.6. The van der Waals surface area contributed by atoms with Crippen molar-refractivity contribution in [2.45, 2.75) is 6.61 Å². The van der Waals surface area contributed by atoms with Gasteiger partial charge in [-0.2, -0.15) is 5.10 Å². The zero-order valence-corrected chi connectivity index (χ0v) is 14.9. The first-order valence-corrected chi connectivity index (χ1v) is 8.43. The molecular formula is C20H15N3O5. The molecule has 0 bridgehead atoms. The largest absolute Gasteiger partial charge is 0.378 e. The molecular weight excluding hydrogens is 362 g/mol. The van der Waals surface area contributed by atoms with Crippen LogP contribution in [-0.2, 0) is 16.2 Å². The van der Waals surface area contributed by atoms with E-state index in [0.29, 0.717) is 10.8 Å². The van der Waals surface area contributed by atoms with E-state index in [9.17, 15) is 14.4 Å². The van der Waals surface area contributed by atoms with Crippen LogP contribution in [0.5, 0.6) is 0 Å². The molecule has 0 spiro atoms. The predicted octanol–water partition coefficient (Wildman–Crippen LogP) is 2.39. The first-order chi connectivity index (χ1) is 13.6. The Hall–Kier alpha value is -3.78. The van der Waals surface area contributed by atoms with Crippen LogP contribution in [0.2, 0.25) is 0 Å². The zero-order valence-electron chi connectivity index (χ0n) is 14.9. The van der Waals surface area contributed by atoms with E-state index in [-0.39, 0.29) is 23.3 Å². The molecule has 2 amide bonds. The van der Waals surface area contributed by atoms with Gasteiger partial charge in [-0.3, -0.25) is 9.59 Å². The number of hydroxylamine groups is 2. The quantitative estimate of drug-likeness (QED) is 0.634. The van der Waals surface area contributed by atoms with Gasteiger partial charge in [-0.25, -0.2) is 9.48 Å².